The molecule has 1 aliphatic heterocycles. The summed E-state index contributed by atoms with van der Waals surface area (Å²) < 4.78 is 0. The molecule has 1 aliphatic carbocycles. The van der Waals surface area contributed by atoms with Crippen LogP contribution in [0.4, 0.5) is 5.69 Å². The van der Waals surface area contributed by atoms with Crippen molar-refractivity contribution in [3.8, 4) is 0 Å². The number of para-hydroxylation sites is 1. The number of rotatable bonds is 6. The summed E-state index contributed by atoms with van der Waals surface area (Å²) in [5.41, 5.74) is 2.81. The molecular formula is C21H27N3O2S. The first-order valence-corrected chi connectivity index (χ1v) is 10.7. The van der Waals surface area contributed by atoms with Crippen LogP contribution in [0.1, 0.15) is 51.6 Å². The zero-order valence-electron chi connectivity index (χ0n) is 15.8. The largest absolute Gasteiger partial charge is 0.393 e. The van der Waals surface area contributed by atoms with Gasteiger partial charge in [0.2, 0.25) is 0 Å². The molecule has 144 valence electrons. The van der Waals surface area contributed by atoms with Crippen molar-refractivity contribution in [3.63, 3.8) is 0 Å². The second kappa shape index (κ2) is 8.09. The minimum Gasteiger partial charge on any atom is -0.393 e. The number of hydrogen-bond donors (Lipinski definition) is 2. The number of aromatic nitrogens is 1. The smallest absolute Gasteiger partial charge is 0.267 e. The molecule has 1 aromatic heterocycles. The van der Waals surface area contributed by atoms with Crippen LogP contribution in [0, 0.1) is 12.8 Å². The summed E-state index contributed by atoms with van der Waals surface area (Å²) in [4.78, 5) is 20.5. The first-order valence-electron chi connectivity index (χ1n) is 9.84. The van der Waals surface area contributed by atoms with Crippen LogP contribution in [-0.2, 0) is 13.0 Å². The van der Waals surface area contributed by atoms with Gasteiger partial charge < -0.3 is 10.4 Å². The van der Waals surface area contributed by atoms with Gasteiger partial charge in [-0.05, 0) is 50.2 Å². The zero-order chi connectivity index (χ0) is 18.8. The summed E-state index contributed by atoms with van der Waals surface area (Å²) in [6.07, 6.45) is 5.06. The number of carbonyl (C=O) groups excluding carboxylic acids is 1. The summed E-state index contributed by atoms with van der Waals surface area (Å²) >= 11 is 1.54. The SMILES string of the molecule is Cc1nc(CC2CC2)sc1C(=O)Nc1ccccc1CN1CCC(O)CC1. The van der Waals surface area contributed by atoms with E-state index in [0.717, 1.165) is 71.6 Å². The molecule has 2 heterocycles. The molecule has 6 heteroatoms. The zero-order valence-corrected chi connectivity index (χ0v) is 16.6. The quantitative estimate of drug-likeness (QED) is 0.797. The maximum Gasteiger partial charge on any atom is 0.267 e. The average molecular weight is 386 g/mol. The number of aliphatic hydroxyl groups is 1. The number of anilines is 1. The van der Waals surface area contributed by atoms with Crippen LogP contribution in [0.3, 0.4) is 0 Å². The number of aryl methyl sites for hydroxylation is 1. The van der Waals surface area contributed by atoms with Crippen LogP contribution in [0.15, 0.2) is 24.3 Å². The van der Waals surface area contributed by atoms with Gasteiger partial charge in [0.1, 0.15) is 4.88 Å². The van der Waals surface area contributed by atoms with E-state index in [0.29, 0.717) is 0 Å². The lowest BCUT2D eigenvalue weighted by atomic mass is 10.1. The van der Waals surface area contributed by atoms with E-state index in [1.165, 1.54) is 24.2 Å². The Balaban J connectivity index is 1.44. The first-order chi connectivity index (χ1) is 13.1. The Kier molecular flexibility index (Phi) is 5.57. The highest BCUT2D eigenvalue weighted by Crippen LogP contribution is 2.34. The molecule has 2 aromatic rings. The van der Waals surface area contributed by atoms with Crippen LogP contribution >= 0.6 is 11.3 Å². The number of hydrogen-bond acceptors (Lipinski definition) is 5. The van der Waals surface area contributed by atoms with E-state index >= 15 is 0 Å². The molecule has 0 atom stereocenters. The molecule has 0 bridgehead atoms. The van der Waals surface area contributed by atoms with Gasteiger partial charge >= 0.3 is 0 Å². The molecule has 1 amide bonds. The third-order valence-corrected chi connectivity index (χ3v) is 6.60. The number of piperidine rings is 1. The highest BCUT2D eigenvalue weighted by molar-refractivity contribution is 7.13. The Morgan fingerprint density at radius 1 is 1.26 bits per heavy atom. The van der Waals surface area contributed by atoms with E-state index in [-0.39, 0.29) is 12.0 Å². The fraction of sp³-hybridized carbons (Fsp3) is 0.524. The Morgan fingerprint density at radius 2 is 2.00 bits per heavy atom. The van der Waals surface area contributed by atoms with Gasteiger partial charge in [0, 0.05) is 31.7 Å². The van der Waals surface area contributed by atoms with Gasteiger partial charge in [-0.3, -0.25) is 9.69 Å². The second-order valence-corrected chi connectivity index (χ2v) is 8.87. The number of carbonyl (C=O) groups is 1. The highest BCUT2D eigenvalue weighted by atomic mass is 32.1. The standard InChI is InChI=1S/C21H27N3O2S/c1-14-20(27-19(22-14)12-15-6-7-15)21(26)23-18-5-3-2-4-16(18)13-24-10-8-17(25)9-11-24/h2-5,15,17,25H,6-13H2,1H3,(H,23,26). The minimum absolute atomic E-state index is 0.0615. The molecule has 1 saturated heterocycles. The van der Waals surface area contributed by atoms with Gasteiger partial charge in [-0.2, -0.15) is 0 Å². The first kappa shape index (κ1) is 18.6. The number of benzene rings is 1. The van der Waals surface area contributed by atoms with Gasteiger partial charge in [-0.25, -0.2) is 4.98 Å². The molecule has 2 N–H and O–H groups in total. The molecule has 1 aromatic carbocycles. The van der Waals surface area contributed by atoms with Gasteiger partial charge in [0.05, 0.1) is 16.8 Å². The predicted molar refractivity (Wildman–Crippen MR) is 108 cm³/mol. The molecule has 0 radical (unpaired) electrons. The van der Waals surface area contributed by atoms with Crippen LogP contribution in [0.25, 0.3) is 0 Å². The Morgan fingerprint density at radius 3 is 2.74 bits per heavy atom. The predicted octanol–water partition coefficient (Wildman–Crippen LogP) is 3.61. The maximum atomic E-state index is 12.8. The van der Waals surface area contributed by atoms with Crippen molar-refractivity contribution in [2.24, 2.45) is 5.92 Å². The van der Waals surface area contributed by atoms with Crippen molar-refractivity contribution in [1.29, 1.82) is 0 Å². The lowest BCUT2D eigenvalue weighted by Gasteiger charge is -2.30. The fourth-order valence-corrected chi connectivity index (χ4v) is 4.67. The van der Waals surface area contributed by atoms with Crippen molar-refractivity contribution < 1.29 is 9.90 Å². The molecule has 0 spiro atoms. The second-order valence-electron chi connectivity index (χ2n) is 7.79. The van der Waals surface area contributed by atoms with Crippen LogP contribution < -0.4 is 5.32 Å². The van der Waals surface area contributed by atoms with E-state index in [1.807, 2.05) is 25.1 Å². The number of aliphatic hydroxyl groups excluding tert-OH is 1. The summed E-state index contributed by atoms with van der Waals surface area (Å²) in [6.45, 7) is 4.49. The Labute approximate surface area is 164 Å². The number of likely N-dealkylation sites (tertiary alicyclic amines) is 1. The number of amides is 1. The van der Waals surface area contributed by atoms with E-state index in [9.17, 15) is 9.90 Å². The van der Waals surface area contributed by atoms with Crippen LogP contribution in [-0.4, -0.2) is 40.1 Å². The lowest BCUT2D eigenvalue weighted by molar-refractivity contribution is 0.0793. The number of thiazole rings is 1. The highest BCUT2D eigenvalue weighted by Gasteiger charge is 2.25. The van der Waals surface area contributed by atoms with Crippen LogP contribution in [0.5, 0.6) is 0 Å². The van der Waals surface area contributed by atoms with Gasteiger partial charge in [0.25, 0.3) is 5.91 Å². The van der Waals surface area contributed by atoms with Crippen molar-refractivity contribution in [2.75, 3.05) is 18.4 Å². The minimum atomic E-state index is -0.171. The summed E-state index contributed by atoms with van der Waals surface area (Å²) in [6, 6.07) is 8.00. The van der Waals surface area contributed by atoms with Gasteiger partial charge in [-0.1, -0.05) is 18.2 Å². The van der Waals surface area contributed by atoms with Gasteiger partial charge in [0.15, 0.2) is 0 Å². The average Bonchev–Trinajstić information content (AvgIpc) is 3.39. The Hall–Kier alpha value is -1.76. The van der Waals surface area contributed by atoms with Crippen molar-refractivity contribution in [3.05, 3.63) is 45.4 Å². The normalized spacial score (nSPS) is 18.6. The van der Waals surface area contributed by atoms with Crippen molar-refractivity contribution in [2.45, 2.75) is 51.7 Å². The molecule has 2 aliphatic rings. The molecule has 0 unspecified atom stereocenters. The van der Waals surface area contributed by atoms with E-state index in [2.05, 4.69) is 21.3 Å². The molecular weight excluding hydrogens is 358 g/mol. The van der Waals surface area contributed by atoms with E-state index < -0.39 is 0 Å². The molecule has 1 saturated carbocycles. The fourth-order valence-electron chi connectivity index (χ4n) is 3.60. The van der Waals surface area contributed by atoms with Crippen molar-refractivity contribution in [1.82, 2.24) is 9.88 Å². The number of nitrogens with zero attached hydrogens (tertiary/aromatic N) is 2. The van der Waals surface area contributed by atoms with E-state index in [4.69, 9.17) is 0 Å². The maximum absolute atomic E-state index is 12.8. The topological polar surface area (TPSA) is 65.5 Å². The summed E-state index contributed by atoms with van der Waals surface area (Å²) in [5, 5.41) is 13.9. The monoisotopic (exact) mass is 385 g/mol. The molecule has 27 heavy (non-hydrogen) atoms. The lowest BCUT2D eigenvalue weighted by Crippen LogP contribution is -2.35. The third-order valence-electron chi connectivity index (χ3n) is 5.42. The third kappa shape index (κ3) is 4.75. The van der Waals surface area contributed by atoms with E-state index in [1.54, 1.807) is 0 Å². The summed E-state index contributed by atoms with van der Waals surface area (Å²) in [5.74, 6) is 0.712. The summed E-state index contributed by atoms with van der Waals surface area (Å²) in [7, 11) is 0. The Bertz CT molecular complexity index is 808. The van der Waals surface area contributed by atoms with Gasteiger partial charge in [-0.15, -0.1) is 11.3 Å². The molecule has 4 rings (SSSR count). The number of nitrogens with one attached hydrogen (secondary N) is 1. The van der Waals surface area contributed by atoms with Crippen LogP contribution in [0.2, 0.25) is 0 Å². The molecule has 5 nitrogen and oxygen atoms in total. The van der Waals surface area contributed by atoms with Crippen molar-refractivity contribution >= 4 is 22.9 Å². The molecule has 2 fully saturated rings.